The molecule has 0 radical (unpaired) electrons. The predicted octanol–water partition coefficient (Wildman–Crippen LogP) is 4.92. The van der Waals surface area contributed by atoms with E-state index in [1.807, 2.05) is 12.1 Å². The Hall–Kier alpha value is -4.92. The van der Waals surface area contributed by atoms with Gasteiger partial charge in [0.15, 0.2) is 0 Å². The Bertz CT molecular complexity index is 1440. The fourth-order valence-electron chi connectivity index (χ4n) is 5.18. The summed E-state index contributed by atoms with van der Waals surface area (Å²) in [5.74, 6) is -3.12. The second kappa shape index (κ2) is 10.8. The monoisotopic (exact) mass is 526 g/mol. The number of rotatable bonds is 5. The predicted molar refractivity (Wildman–Crippen MR) is 141 cm³/mol. The Morgan fingerprint density at radius 3 is 2.18 bits per heavy atom. The zero-order chi connectivity index (χ0) is 27.5. The molecule has 1 fully saturated rings. The summed E-state index contributed by atoms with van der Waals surface area (Å²) in [5.41, 5.74) is 2.33. The highest BCUT2D eigenvalue weighted by Crippen LogP contribution is 2.48. The number of nitrogens with zero attached hydrogens (tertiary/aromatic N) is 2. The van der Waals surface area contributed by atoms with Gasteiger partial charge in [0.25, 0.3) is 5.91 Å². The van der Waals surface area contributed by atoms with Crippen LogP contribution in [0.1, 0.15) is 34.6 Å². The first-order valence-corrected chi connectivity index (χ1v) is 12.3. The topological polar surface area (TPSA) is 102 Å². The summed E-state index contributed by atoms with van der Waals surface area (Å²) in [4.78, 5) is 55.8. The fraction of sp³-hybridized carbons (Fsp3) is 0.200. The van der Waals surface area contributed by atoms with Crippen molar-refractivity contribution in [2.45, 2.75) is 17.9 Å². The lowest BCUT2D eigenvalue weighted by Crippen LogP contribution is -2.42. The van der Waals surface area contributed by atoms with Gasteiger partial charge in [0.1, 0.15) is 12.6 Å². The lowest BCUT2D eigenvalue weighted by molar-refractivity contribution is -0.142. The largest absolute Gasteiger partial charge is 0.469 e. The normalized spacial score (nSPS) is 18.9. The molecule has 2 heterocycles. The highest BCUT2D eigenvalue weighted by atomic mass is 16.6. The molecule has 3 aromatic rings. The van der Waals surface area contributed by atoms with Crippen LogP contribution in [0.5, 0.6) is 0 Å². The first-order chi connectivity index (χ1) is 19.0. The highest BCUT2D eigenvalue weighted by molar-refractivity contribution is 6.08. The third-order valence-corrected chi connectivity index (χ3v) is 6.98. The zero-order valence-corrected chi connectivity index (χ0v) is 21.4. The van der Waals surface area contributed by atoms with E-state index < -0.39 is 41.9 Å². The van der Waals surface area contributed by atoms with E-state index in [4.69, 9.17) is 14.2 Å². The van der Waals surface area contributed by atoms with Crippen LogP contribution in [0.2, 0.25) is 0 Å². The number of cyclic esters (lactones) is 1. The van der Waals surface area contributed by atoms with Crippen molar-refractivity contribution < 1.29 is 33.4 Å². The Kier molecular flexibility index (Phi) is 7.14. The standard InChI is InChI=1S/C30H26N2O7/c1-37-28(34)25(20-13-7-4-8-14-20)26-21-15-9-10-16-23(21)31(29(35)38-2)17-22(26)27(33)32-24(18-39-30(32)36)19-11-5-3-6-12-19/h3-17,24-26H,18H2,1-2H3/t24-,25?,26-/m1/s1. The van der Waals surface area contributed by atoms with Crippen LogP contribution in [0.3, 0.4) is 0 Å². The van der Waals surface area contributed by atoms with Gasteiger partial charge in [-0.1, -0.05) is 78.9 Å². The van der Waals surface area contributed by atoms with Crippen molar-refractivity contribution in [1.82, 2.24) is 4.90 Å². The van der Waals surface area contributed by atoms with Gasteiger partial charge in [-0.3, -0.25) is 14.5 Å². The average Bonchev–Trinajstić information content (AvgIpc) is 3.38. The molecule has 2 aliphatic rings. The number of para-hydroxylation sites is 1. The Labute approximate surface area is 225 Å². The third kappa shape index (κ3) is 4.63. The maximum Gasteiger partial charge on any atom is 0.418 e. The van der Waals surface area contributed by atoms with Crippen LogP contribution in [0.25, 0.3) is 0 Å². The molecule has 9 heteroatoms. The highest BCUT2D eigenvalue weighted by Gasteiger charge is 2.47. The van der Waals surface area contributed by atoms with E-state index in [9.17, 15) is 19.2 Å². The molecule has 0 aromatic heterocycles. The molecular formula is C30H26N2O7. The molecule has 3 aromatic carbocycles. The van der Waals surface area contributed by atoms with E-state index in [-0.39, 0.29) is 12.2 Å². The minimum absolute atomic E-state index is 0.0248. The van der Waals surface area contributed by atoms with E-state index in [2.05, 4.69) is 0 Å². The number of anilines is 1. The van der Waals surface area contributed by atoms with Gasteiger partial charge < -0.3 is 14.2 Å². The van der Waals surface area contributed by atoms with Gasteiger partial charge in [-0.15, -0.1) is 0 Å². The lowest BCUT2D eigenvalue weighted by atomic mass is 9.74. The second-order valence-corrected chi connectivity index (χ2v) is 9.05. The molecule has 9 nitrogen and oxygen atoms in total. The zero-order valence-electron chi connectivity index (χ0n) is 21.4. The summed E-state index contributed by atoms with van der Waals surface area (Å²) in [5, 5.41) is 0. The number of ether oxygens (including phenoxy) is 3. The van der Waals surface area contributed by atoms with Crippen LogP contribution in [0.4, 0.5) is 15.3 Å². The van der Waals surface area contributed by atoms with Gasteiger partial charge in [0.2, 0.25) is 0 Å². The van der Waals surface area contributed by atoms with Crippen LogP contribution >= 0.6 is 0 Å². The number of methoxy groups -OCH3 is 2. The Morgan fingerprint density at radius 1 is 0.872 bits per heavy atom. The van der Waals surface area contributed by atoms with Crippen molar-refractivity contribution in [2.24, 2.45) is 0 Å². The first kappa shape index (κ1) is 25.7. The maximum atomic E-state index is 14.3. The first-order valence-electron chi connectivity index (χ1n) is 12.3. The molecule has 5 rings (SSSR count). The van der Waals surface area contributed by atoms with Gasteiger partial charge in [0.05, 0.1) is 25.8 Å². The molecular weight excluding hydrogens is 500 g/mol. The Balaban J connectivity index is 1.70. The minimum atomic E-state index is -0.957. The van der Waals surface area contributed by atoms with Crippen LogP contribution in [0.15, 0.2) is 96.7 Å². The van der Waals surface area contributed by atoms with E-state index in [0.717, 1.165) is 4.90 Å². The number of hydrogen-bond donors (Lipinski definition) is 0. The van der Waals surface area contributed by atoms with Crippen LogP contribution in [-0.4, -0.2) is 49.8 Å². The van der Waals surface area contributed by atoms with Gasteiger partial charge >= 0.3 is 18.2 Å². The van der Waals surface area contributed by atoms with Crippen molar-refractivity contribution >= 4 is 29.8 Å². The number of imide groups is 1. The molecule has 0 spiro atoms. The van der Waals surface area contributed by atoms with Crippen molar-refractivity contribution in [1.29, 1.82) is 0 Å². The summed E-state index contributed by atoms with van der Waals surface area (Å²) in [6.45, 7) is -0.0248. The lowest BCUT2D eigenvalue weighted by Gasteiger charge is -2.36. The molecule has 1 saturated heterocycles. The van der Waals surface area contributed by atoms with Crippen molar-refractivity contribution in [3.63, 3.8) is 0 Å². The maximum absolute atomic E-state index is 14.3. The van der Waals surface area contributed by atoms with Gasteiger partial charge in [-0.25, -0.2) is 14.5 Å². The van der Waals surface area contributed by atoms with Gasteiger partial charge in [-0.05, 0) is 22.8 Å². The van der Waals surface area contributed by atoms with E-state index in [0.29, 0.717) is 22.4 Å². The number of esters is 1. The molecule has 0 bridgehead atoms. The number of benzene rings is 3. The van der Waals surface area contributed by atoms with Crippen molar-refractivity contribution in [2.75, 3.05) is 25.7 Å². The van der Waals surface area contributed by atoms with Crippen LogP contribution in [-0.2, 0) is 23.8 Å². The molecule has 0 saturated carbocycles. The molecule has 3 amide bonds. The smallest absolute Gasteiger partial charge is 0.418 e. The molecule has 1 unspecified atom stereocenters. The molecule has 2 aliphatic heterocycles. The second-order valence-electron chi connectivity index (χ2n) is 9.05. The molecule has 198 valence electrons. The summed E-state index contributed by atoms with van der Waals surface area (Å²) >= 11 is 0. The summed E-state index contributed by atoms with van der Waals surface area (Å²) < 4.78 is 15.5. The summed E-state index contributed by atoms with van der Waals surface area (Å²) in [7, 11) is 2.51. The molecule has 39 heavy (non-hydrogen) atoms. The van der Waals surface area contributed by atoms with E-state index >= 15 is 0 Å². The van der Waals surface area contributed by atoms with E-state index in [1.54, 1.807) is 72.8 Å². The minimum Gasteiger partial charge on any atom is -0.469 e. The number of hydrogen-bond acceptors (Lipinski definition) is 7. The summed E-state index contributed by atoms with van der Waals surface area (Å²) in [6.07, 6.45) is -0.205. The number of amides is 3. The van der Waals surface area contributed by atoms with Crippen molar-refractivity contribution in [3.8, 4) is 0 Å². The van der Waals surface area contributed by atoms with E-state index in [1.165, 1.54) is 25.3 Å². The SMILES string of the molecule is COC(=O)C(c1ccccc1)[C@H]1C(C(=O)N2C(=O)OC[C@@H]2c2ccccc2)=CN(C(=O)OC)c2ccccc21. The molecule has 0 aliphatic carbocycles. The number of carbonyl (C=O) groups is 4. The van der Waals surface area contributed by atoms with Crippen LogP contribution < -0.4 is 4.90 Å². The Morgan fingerprint density at radius 2 is 1.51 bits per heavy atom. The average molecular weight is 527 g/mol. The third-order valence-electron chi connectivity index (χ3n) is 6.98. The molecule has 3 atom stereocenters. The van der Waals surface area contributed by atoms with Crippen LogP contribution in [0, 0.1) is 0 Å². The van der Waals surface area contributed by atoms with Crippen molar-refractivity contribution in [3.05, 3.63) is 113 Å². The quantitative estimate of drug-likeness (QED) is 0.344. The van der Waals surface area contributed by atoms with Gasteiger partial charge in [0, 0.05) is 17.7 Å². The summed E-state index contributed by atoms with van der Waals surface area (Å²) in [6, 6.07) is 24.2. The fourth-order valence-corrected chi connectivity index (χ4v) is 5.18. The number of carbonyl (C=O) groups excluding carboxylic acids is 4. The van der Waals surface area contributed by atoms with Gasteiger partial charge in [-0.2, -0.15) is 0 Å². The molecule has 0 N–H and O–H groups in total. The number of fused-ring (bicyclic) bond motifs is 1.